The van der Waals surface area contributed by atoms with Gasteiger partial charge in [-0.25, -0.2) is 5.48 Å². The summed E-state index contributed by atoms with van der Waals surface area (Å²) >= 11 is 0. The second-order valence-corrected chi connectivity index (χ2v) is 9.39. The summed E-state index contributed by atoms with van der Waals surface area (Å²) in [4.78, 5) is 27.3. The number of benzene rings is 1. The van der Waals surface area contributed by atoms with Crippen molar-refractivity contribution in [1.29, 1.82) is 5.26 Å². The van der Waals surface area contributed by atoms with Crippen LogP contribution in [0.15, 0.2) is 12.1 Å². The Bertz CT molecular complexity index is 871. The van der Waals surface area contributed by atoms with Crippen LogP contribution in [0.1, 0.15) is 60.3 Å². The summed E-state index contributed by atoms with van der Waals surface area (Å²) in [6.45, 7) is 6.01. The molecule has 3 fully saturated rings. The summed E-state index contributed by atoms with van der Waals surface area (Å²) in [6, 6.07) is 5.91. The molecule has 2 aliphatic heterocycles. The van der Waals surface area contributed by atoms with Crippen LogP contribution in [-0.4, -0.2) is 47.6 Å². The third kappa shape index (κ3) is 3.82. The van der Waals surface area contributed by atoms with Crippen molar-refractivity contribution in [3.63, 3.8) is 0 Å². The monoisotopic (exact) mass is 410 g/mol. The van der Waals surface area contributed by atoms with Gasteiger partial charge in [0.1, 0.15) is 0 Å². The highest BCUT2D eigenvalue weighted by Gasteiger charge is 2.52. The first-order chi connectivity index (χ1) is 14.4. The van der Waals surface area contributed by atoms with Gasteiger partial charge in [0.25, 0.3) is 0 Å². The Morgan fingerprint density at radius 1 is 1.23 bits per heavy atom. The van der Waals surface area contributed by atoms with Gasteiger partial charge < -0.3 is 10.2 Å². The predicted molar refractivity (Wildman–Crippen MR) is 111 cm³/mol. The molecule has 0 aromatic heterocycles. The molecule has 1 aromatic carbocycles. The SMILES string of the molecule is Cc1cc(C2CCN(C(=O)[C@H]3NCC4(CC4)C[C@@H]3C(=O)NO)CC2)cc(C)c1C#N. The van der Waals surface area contributed by atoms with Gasteiger partial charge in [0, 0.05) is 19.6 Å². The van der Waals surface area contributed by atoms with Crippen molar-refractivity contribution >= 4 is 11.8 Å². The summed E-state index contributed by atoms with van der Waals surface area (Å²) in [5.74, 6) is -0.667. The first-order valence-electron chi connectivity index (χ1n) is 10.8. The molecule has 1 aliphatic carbocycles. The summed E-state index contributed by atoms with van der Waals surface area (Å²) in [5.41, 5.74) is 5.89. The van der Waals surface area contributed by atoms with E-state index in [1.807, 2.05) is 18.7 Å². The maximum atomic E-state index is 13.2. The highest BCUT2D eigenvalue weighted by molar-refractivity contribution is 5.90. The highest BCUT2D eigenvalue weighted by Crippen LogP contribution is 2.52. The van der Waals surface area contributed by atoms with E-state index in [4.69, 9.17) is 5.21 Å². The lowest BCUT2D eigenvalue weighted by Gasteiger charge is -2.40. The van der Waals surface area contributed by atoms with Crippen LogP contribution in [0.4, 0.5) is 0 Å². The molecule has 3 N–H and O–H groups in total. The molecule has 2 saturated heterocycles. The number of carbonyl (C=O) groups excluding carboxylic acids is 2. The molecule has 3 aliphatic rings. The van der Waals surface area contributed by atoms with E-state index < -0.39 is 17.9 Å². The number of carbonyl (C=O) groups is 2. The zero-order valence-corrected chi connectivity index (χ0v) is 17.7. The summed E-state index contributed by atoms with van der Waals surface area (Å²) in [5, 5.41) is 21.8. The van der Waals surface area contributed by atoms with Crippen LogP contribution in [0.2, 0.25) is 0 Å². The maximum Gasteiger partial charge on any atom is 0.248 e. The van der Waals surface area contributed by atoms with E-state index in [2.05, 4.69) is 23.5 Å². The number of hydroxylamine groups is 1. The summed E-state index contributed by atoms with van der Waals surface area (Å²) in [6.07, 6.45) is 4.53. The van der Waals surface area contributed by atoms with Crippen LogP contribution in [-0.2, 0) is 9.59 Å². The van der Waals surface area contributed by atoms with Crippen LogP contribution in [0.3, 0.4) is 0 Å². The van der Waals surface area contributed by atoms with Crippen LogP contribution in [0.5, 0.6) is 0 Å². The van der Waals surface area contributed by atoms with E-state index >= 15 is 0 Å². The quantitative estimate of drug-likeness (QED) is 0.523. The number of hydrogen-bond donors (Lipinski definition) is 3. The van der Waals surface area contributed by atoms with Crippen molar-refractivity contribution in [2.75, 3.05) is 19.6 Å². The van der Waals surface area contributed by atoms with Crippen molar-refractivity contribution in [2.45, 2.75) is 57.9 Å². The van der Waals surface area contributed by atoms with Gasteiger partial charge in [-0.2, -0.15) is 5.26 Å². The summed E-state index contributed by atoms with van der Waals surface area (Å²) in [7, 11) is 0. The predicted octanol–water partition coefficient (Wildman–Crippen LogP) is 2.14. The number of amides is 2. The van der Waals surface area contributed by atoms with Gasteiger partial charge in [-0.15, -0.1) is 0 Å². The average Bonchev–Trinajstić information content (AvgIpc) is 3.51. The summed E-state index contributed by atoms with van der Waals surface area (Å²) < 4.78 is 0. The minimum Gasteiger partial charge on any atom is -0.341 e. The molecule has 0 bridgehead atoms. The van der Waals surface area contributed by atoms with Crippen molar-refractivity contribution in [3.8, 4) is 6.07 Å². The molecule has 4 rings (SSSR count). The zero-order valence-electron chi connectivity index (χ0n) is 17.7. The van der Waals surface area contributed by atoms with Gasteiger partial charge in [-0.1, -0.05) is 12.1 Å². The van der Waals surface area contributed by atoms with Gasteiger partial charge in [-0.3, -0.25) is 14.8 Å². The molecule has 2 atom stereocenters. The molecule has 7 heteroatoms. The number of nitriles is 1. The number of piperidine rings is 2. The third-order valence-electron chi connectivity index (χ3n) is 7.37. The first kappa shape index (κ1) is 20.8. The molecule has 2 amide bonds. The Morgan fingerprint density at radius 3 is 2.40 bits per heavy atom. The molecule has 7 nitrogen and oxygen atoms in total. The van der Waals surface area contributed by atoms with E-state index in [0.717, 1.165) is 48.9 Å². The van der Waals surface area contributed by atoms with Crippen molar-refractivity contribution < 1.29 is 14.8 Å². The zero-order chi connectivity index (χ0) is 21.5. The van der Waals surface area contributed by atoms with Gasteiger partial charge >= 0.3 is 0 Å². The fourth-order valence-corrected chi connectivity index (χ4v) is 5.31. The Labute approximate surface area is 177 Å². The Balaban J connectivity index is 1.42. The molecular formula is C23H30N4O3. The molecular weight excluding hydrogens is 380 g/mol. The third-order valence-corrected chi connectivity index (χ3v) is 7.37. The van der Waals surface area contributed by atoms with E-state index in [-0.39, 0.29) is 11.3 Å². The minimum atomic E-state index is -0.570. The lowest BCUT2D eigenvalue weighted by molar-refractivity contribution is -0.145. The lowest BCUT2D eigenvalue weighted by Crippen LogP contribution is -2.59. The largest absolute Gasteiger partial charge is 0.341 e. The second kappa shape index (κ2) is 8.01. The number of rotatable bonds is 3. The van der Waals surface area contributed by atoms with Crippen molar-refractivity contribution in [3.05, 3.63) is 34.4 Å². The molecule has 0 radical (unpaired) electrons. The van der Waals surface area contributed by atoms with E-state index in [9.17, 15) is 14.9 Å². The number of likely N-dealkylation sites (tertiary alicyclic amines) is 1. The van der Waals surface area contributed by atoms with Crippen LogP contribution < -0.4 is 10.8 Å². The number of aryl methyl sites for hydroxylation is 2. The number of nitrogens with one attached hydrogen (secondary N) is 2. The Hall–Kier alpha value is -2.43. The normalized spacial score (nSPS) is 25.6. The molecule has 0 unspecified atom stereocenters. The van der Waals surface area contributed by atoms with Gasteiger partial charge in [0.05, 0.1) is 23.6 Å². The maximum absolute atomic E-state index is 13.2. The van der Waals surface area contributed by atoms with E-state index in [1.165, 1.54) is 5.56 Å². The fourth-order valence-electron chi connectivity index (χ4n) is 5.31. The molecule has 1 spiro atoms. The minimum absolute atomic E-state index is 0.0373. The molecule has 30 heavy (non-hydrogen) atoms. The van der Waals surface area contributed by atoms with Crippen LogP contribution in [0.25, 0.3) is 0 Å². The van der Waals surface area contributed by atoms with E-state index in [1.54, 1.807) is 5.48 Å². The average molecular weight is 411 g/mol. The van der Waals surface area contributed by atoms with Crippen LogP contribution in [0, 0.1) is 36.5 Å². The van der Waals surface area contributed by atoms with E-state index in [0.29, 0.717) is 25.4 Å². The van der Waals surface area contributed by atoms with Gasteiger partial charge in [0.2, 0.25) is 11.8 Å². The topological polar surface area (TPSA) is 105 Å². The standard InChI is InChI=1S/C23H30N4O3/c1-14-9-17(10-15(2)19(14)12-24)16-3-7-27(8-4-16)22(29)20-18(21(28)26-30)11-23(5-6-23)13-25-20/h9-10,16,18,20,25,30H,3-8,11,13H2,1-2H3,(H,26,28)/t18-,20-/m0/s1. The molecule has 160 valence electrons. The number of nitrogens with zero attached hydrogens (tertiary/aromatic N) is 2. The molecule has 1 aromatic rings. The Kier molecular flexibility index (Phi) is 5.56. The van der Waals surface area contributed by atoms with Crippen LogP contribution >= 0.6 is 0 Å². The van der Waals surface area contributed by atoms with Crippen molar-refractivity contribution in [1.82, 2.24) is 15.7 Å². The fraction of sp³-hybridized carbons (Fsp3) is 0.609. The first-order valence-corrected chi connectivity index (χ1v) is 10.8. The van der Waals surface area contributed by atoms with Gasteiger partial charge in [0.15, 0.2) is 0 Å². The number of hydrogen-bond acceptors (Lipinski definition) is 5. The van der Waals surface area contributed by atoms with Gasteiger partial charge in [-0.05, 0) is 74.0 Å². The van der Waals surface area contributed by atoms with Crippen molar-refractivity contribution in [2.24, 2.45) is 11.3 Å². The second-order valence-electron chi connectivity index (χ2n) is 9.39. The molecule has 2 heterocycles. The highest BCUT2D eigenvalue weighted by atomic mass is 16.5. The molecule has 1 saturated carbocycles. The Morgan fingerprint density at radius 2 is 1.87 bits per heavy atom. The lowest BCUT2D eigenvalue weighted by atomic mass is 9.80. The smallest absolute Gasteiger partial charge is 0.248 e.